The summed E-state index contributed by atoms with van der Waals surface area (Å²) in [5.74, 6) is -0.801. The van der Waals surface area contributed by atoms with Gasteiger partial charge in [0.15, 0.2) is 0 Å². The summed E-state index contributed by atoms with van der Waals surface area (Å²) in [5.41, 5.74) is 0. The molecule has 4 nitrogen and oxygen atoms in total. The summed E-state index contributed by atoms with van der Waals surface area (Å²) in [6.07, 6.45) is 58.0. The number of carbonyl (C=O) groups excluding carboxylic acids is 1. The molecule has 0 amide bonds. The molecule has 0 radical (unpaired) electrons. The number of esters is 1. The van der Waals surface area contributed by atoms with Gasteiger partial charge in [0.2, 0.25) is 0 Å². The summed E-state index contributed by atoms with van der Waals surface area (Å²) in [6, 6.07) is 0. The quantitative estimate of drug-likeness (QED) is 0.0399. The van der Waals surface area contributed by atoms with Gasteiger partial charge in [-0.3, -0.25) is 9.59 Å². The maximum absolute atomic E-state index is 12.6. The Morgan fingerprint density at radius 1 is 0.480 bits per heavy atom. The van der Waals surface area contributed by atoms with Gasteiger partial charge < -0.3 is 9.84 Å². The van der Waals surface area contributed by atoms with Crippen molar-refractivity contribution in [2.45, 2.75) is 206 Å². The Balaban J connectivity index is 4.06. The lowest BCUT2D eigenvalue weighted by Crippen LogP contribution is -2.16. The van der Waals surface area contributed by atoms with Gasteiger partial charge in [0.25, 0.3) is 0 Å². The minimum absolute atomic E-state index is 0.0817. The molecule has 1 N–H and O–H groups in total. The molecule has 0 rings (SSSR count). The Labute approximate surface area is 309 Å². The third-order valence-electron chi connectivity index (χ3n) is 8.90. The molecule has 0 heterocycles. The highest BCUT2D eigenvalue weighted by Crippen LogP contribution is 2.15. The molecule has 0 aromatic heterocycles. The zero-order chi connectivity index (χ0) is 36.4. The average molecular weight is 695 g/mol. The third-order valence-corrected chi connectivity index (χ3v) is 8.90. The van der Waals surface area contributed by atoms with Crippen LogP contribution in [0.2, 0.25) is 0 Å². The van der Waals surface area contributed by atoms with Gasteiger partial charge in [-0.15, -0.1) is 0 Å². The van der Waals surface area contributed by atoms with Gasteiger partial charge in [0.1, 0.15) is 6.10 Å². The van der Waals surface area contributed by atoms with Gasteiger partial charge in [-0.25, -0.2) is 0 Å². The van der Waals surface area contributed by atoms with Crippen molar-refractivity contribution < 1.29 is 19.4 Å². The molecule has 0 saturated carbocycles. The van der Waals surface area contributed by atoms with Crippen molar-refractivity contribution in [1.29, 1.82) is 0 Å². The van der Waals surface area contributed by atoms with Crippen LogP contribution in [0.15, 0.2) is 72.9 Å². The van der Waals surface area contributed by atoms with Gasteiger partial charge in [-0.1, -0.05) is 171 Å². The molecule has 0 spiro atoms. The predicted molar refractivity (Wildman–Crippen MR) is 218 cm³/mol. The SMILES string of the molecule is CC/C=C\C/C=C\C/C=C\C/C=C\C(CCCCCCCC(=O)O)OC(=O)CCCCCCCCCCC/C=C\C/C=C\CCCCCCC. The monoisotopic (exact) mass is 695 g/mol. The van der Waals surface area contributed by atoms with E-state index in [1.807, 2.05) is 0 Å². The van der Waals surface area contributed by atoms with Crippen molar-refractivity contribution in [2.24, 2.45) is 0 Å². The topological polar surface area (TPSA) is 63.6 Å². The van der Waals surface area contributed by atoms with Gasteiger partial charge in [-0.05, 0) is 89.5 Å². The van der Waals surface area contributed by atoms with E-state index in [1.165, 1.54) is 89.9 Å². The van der Waals surface area contributed by atoms with Crippen molar-refractivity contribution >= 4 is 11.9 Å². The largest absolute Gasteiger partial charge is 0.481 e. The smallest absolute Gasteiger partial charge is 0.306 e. The highest BCUT2D eigenvalue weighted by molar-refractivity contribution is 5.69. The van der Waals surface area contributed by atoms with Crippen molar-refractivity contribution in [3.05, 3.63) is 72.9 Å². The maximum Gasteiger partial charge on any atom is 0.306 e. The van der Waals surface area contributed by atoms with Crippen LogP contribution < -0.4 is 0 Å². The third kappa shape index (κ3) is 39.8. The van der Waals surface area contributed by atoms with E-state index in [0.717, 1.165) is 83.5 Å². The fourth-order valence-corrected chi connectivity index (χ4v) is 5.83. The normalized spacial score (nSPS) is 13.0. The minimum atomic E-state index is -0.719. The summed E-state index contributed by atoms with van der Waals surface area (Å²) >= 11 is 0. The second-order valence-electron chi connectivity index (χ2n) is 13.8. The molecule has 0 aliphatic heterocycles. The number of unbranched alkanes of at least 4 members (excludes halogenated alkanes) is 18. The second-order valence-corrected chi connectivity index (χ2v) is 13.8. The van der Waals surface area contributed by atoms with Crippen molar-refractivity contribution in [3.8, 4) is 0 Å². The lowest BCUT2D eigenvalue weighted by Gasteiger charge is -2.14. The number of rotatable bonds is 37. The number of carboxylic acids is 1. The number of aliphatic carboxylic acids is 1. The Bertz CT molecular complexity index is 922. The van der Waals surface area contributed by atoms with Crippen LogP contribution in [0, 0.1) is 0 Å². The number of ether oxygens (including phenoxy) is 1. The first-order valence-corrected chi connectivity index (χ1v) is 20.9. The van der Waals surface area contributed by atoms with Gasteiger partial charge in [0, 0.05) is 12.8 Å². The molecule has 0 fully saturated rings. The number of carboxylic acid groups (broad SMARTS) is 1. The molecule has 0 bridgehead atoms. The minimum Gasteiger partial charge on any atom is -0.481 e. The maximum atomic E-state index is 12.6. The molecule has 0 aliphatic carbocycles. The first kappa shape index (κ1) is 47.4. The van der Waals surface area contributed by atoms with Crippen LogP contribution in [0.1, 0.15) is 200 Å². The Kier molecular flexibility index (Phi) is 38.7. The number of allylic oxidation sites excluding steroid dienone is 11. The lowest BCUT2D eigenvalue weighted by atomic mass is 10.1. The standard InChI is InChI=1S/C46H78O4/c1-3-5-7-9-11-13-15-16-17-18-19-20-21-22-23-24-26-28-30-35-39-43-46(49)50-44(41-37-33-31-34-38-42-45(47)48)40-36-32-29-27-25-14-12-10-8-6-4-2/h6,8,12,14-16,18-19,27,29,36,40,44H,3-5,7,9-11,13,17,20-26,28,30-35,37-39,41-43H2,1-2H3,(H,47,48)/b8-6-,14-12-,16-15-,19-18-,29-27-,40-36-. The fraction of sp³-hybridized carbons (Fsp3) is 0.696. The molecule has 0 aromatic carbocycles. The molecule has 0 aromatic rings. The van der Waals surface area contributed by atoms with E-state index in [1.54, 1.807) is 0 Å². The van der Waals surface area contributed by atoms with Crippen LogP contribution in [0.5, 0.6) is 0 Å². The van der Waals surface area contributed by atoms with Crippen LogP contribution in [0.3, 0.4) is 0 Å². The molecular weight excluding hydrogens is 617 g/mol. The summed E-state index contributed by atoms with van der Waals surface area (Å²) in [6.45, 7) is 4.42. The highest BCUT2D eigenvalue weighted by atomic mass is 16.5. The van der Waals surface area contributed by atoms with Crippen molar-refractivity contribution in [3.63, 3.8) is 0 Å². The molecular formula is C46H78O4. The first-order valence-electron chi connectivity index (χ1n) is 20.9. The van der Waals surface area contributed by atoms with E-state index in [2.05, 4.69) is 86.8 Å². The van der Waals surface area contributed by atoms with Crippen LogP contribution in [0.4, 0.5) is 0 Å². The Morgan fingerprint density at radius 3 is 1.42 bits per heavy atom. The molecule has 0 saturated heterocycles. The molecule has 50 heavy (non-hydrogen) atoms. The van der Waals surface area contributed by atoms with Crippen LogP contribution in [-0.4, -0.2) is 23.1 Å². The van der Waals surface area contributed by atoms with Gasteiger partial charge in [0.05, 0.1) is 0 Å². The summed E-state index contributed by atoms with van der Waals surface area (Å²) < 4.78 is 5.89. The van der Waals surface area contributed by atoms with E-state index < -0.39 is 5.97 Å². The van der Waals surface area contributed by atoms with Gasteiger partial charge in [-0.2, -0.15) is 0 Å². The van der Waals surface area contributed by atoms with Crippen LogP contribution in [0.25, 0.3) is 0 Å². The predicted octanol–water partition coefficient (Wildman–Crippen LogP) is 14.7. The highest BCUT2D eigenvalue weighted by Gasteiger charge is 2.11. The van der Waals surface area contributed by atoms with Crippen LogP contribution >= 0.6 is 0 Å². The van der Waals surface area contributed by atoms with E-state index in [0.29, 0.717) is 6.42 Å². The van der Waals surface area contributed by atoms with Crippen molar-refractivity contribution in [1.82, 2.24) is 0 Å². The van der Waals surface area contributed by atoms with E-state index in [9.17, 15) is 9.59 Å². The van der Waals surface area contributed by atoms with Crippen molar-refractivity contribution in [2.75, 3.05) is 0 Å². The van der Waals surface area contributed by atoms with Crippen LogP contribution in [-0.2, 0) is 14.3 Å². The fourth-order valence-electron chi connectivity index (χ4n) is 5.83. The molecule has 1 atom stereocenters. The Hall–Kier alpha value is -2.62. The summed E-state index contributed by atoms with van der Waals surface area (Å²) in [4.78, 5) is 23.4. The Morgan fingerprint density at radius 2 is 0.900 bits per heavy atom. The number of carbonyl (C=O) groups is 2. The molecule has 1 unspecified atom stereocenters. The van der Waals surface area contributed by atoms with Gasteiger partial charge >= 0.3 is 11.9 Å². The van der Waals surface area contributed by atoms with E-state index in [4.69, 9.17) is 9.84 Å². The molecule has 286 valence electrons. The second kappa shape index (κ2) is 40.8. The average Bonchev–Trinajstić information content (AvgIpc) is 3.10. The zero-order valence-corrected chi connectivity index (χ0v) is 32.7. The lowest BCUT2D eigenvalue weighted by molar-refractivity contribution is -0.147. The summed E-state index contributed by atoms with van der Waals surface area (Å²) in [5, 5.41) is 8.82. The number of hydrogen-bond acceptors (Lipinski definition) is 3. The molecule has 0 aliphatic rings. The summed E-state index contributed by atoms with van der Waals surface area (Å²) in [7, 11) is 0. The number of hydrogen-bond donors (Lipinski definition) is 1. The first-order chi connectivity index (χ1) is 24.6. The van der Waals surface area contributed by atoms with E-state index >= 15 is 0 Å². The zero-order valence-electron chi connectivity index (χ0n) is 32.7. The van der Waals surface area contributed by atoms with E-state index in [-0.39, 0.29) is 18.5 Å². The molecule has 4 heteroatoms.